The van der Waals surface area contributed by atoms with E-state index in [0.717, 1.165) is 18.2 Å². The summed E-state index contributed by atoms with van der Waals surface area (Å²) in [6.45, 7) is 3.15. The summed E-state index contributed by atoms with van der Waals surface area (Å²) < 4.78 is 0. The van der Waals surface area contributed by atoms with Gasteiger partial charge in [-0.2, -0.15) is 0 Å². The maximum Gasteiger partial charge on any atom is 0.0541 e. The molecule has 1 aliphatic carbocycles. The molecule has 0 aromatic carbocycles. The van der Waals surface area contributed by atoms with Crippen molar-refractivity contribution in [3.63, 3.8) is 0 Å². The maximum absolute atomic E-state index is 6.17. The first-order valence-electron chi connectivity index (χ1n) is 6.45. The molecule has 1 saturated carbocycles. The van der Waals surface area contributed by atoms with Crippen molar-refractivity contribution in [2.45, 2.75) is 44.7 Å². The number of hydrogen-bond donors (Lipinski definition) is 1. The van der Waals surface area contributed by atoms with Crippen molar-refractivity contribution in [1.29, 1.82) is 0 Å². The minimum absolute atomic E-state index is 0.131. The standard InChI is InChI=1S/C14H21ClN2/c1-12-5-7-14(11-15,8-6-12)17-10-13-4-2-3-9-16-13/h2-4,9,12,17H,5-8,10-11H2,1H3. The van der Waals surface area contributed by atoms with Crippen LogP contribution in [0.3, 0.4) is 0 Å². The lowest BCUT2D eigenvalue weighted by Crippen LogP contribution is -2.49. The van der Waals surface area contributed by atoms with Gasteiger partial charge in [-0.3, -0.25) is 4.98 Å². The van der Waals surface area contributed by atoms with E-state index in [9.17, 15) is 0 Å². The molecule has 94 valence electrons. The summed E-state index contributed by atoms with van der Waals surface area (Å²) in [5.74, 6) is 1.55. The van der Waals surface area contributed by atoms with Crippen molar-refractivity contribution in [3.8, 4) is 0 Å². The molecule has 1 aliphatic rings. The topological polar surface area (TPSA) is 24.9 Å². The molecule has 2 nitrogen and oxygen atoms in total. The molecule has 0 atom stereocenters. The van der Waals surface area contributed by atoms with E-state index in [0.29, 0.717) is 5.88 Å². The van der Waals surface area contributed by atoms with Crippen LogP contribution in [0.25, 0.3) is 0 Å². The number of nitrogens with zero attached hydrogens (tertiary/aromatic N) is 1. The molecule has 1 aromatic heterocycles. The van der Waals surface area contributed by atoms with Crippen LogP contribution in [0.2, 0.25) is 0 Å². The molecule has 0 spiro atoms. The summed E-state index contributed by atoms with van der Waals surface area (Å²) in [5, 5.41) is 3.63. The molecule has 1 fully saturated rings. The first kappa shape index (κ1) is 12.8. The second-order valence-electron chi connectivity index (χ2n) is 5.27. The highest BCUT2D eigenvalue weighted by molar-refractivity contribution is 6.18. The molecule has 0 bridgehead atoms. The third-order valence-corrected chi connectivity index (χ3v) is 4.37. The lowest BCUT2D eigenvalue weighted by molar-refractivity contribution is 0.215. The van der Waals surface area contributed by atoms with Gasteiger partial charge >= 0.3 is 0 Å². The van der Waals surface area contributed by atoms with Crippen molar-refractivity contribution < 1.29 is 0 Å². The zero-order chi connectivity index (χ0) is 12.1. The first-order chi connectivity index (χ1) is 8.24. The number of halogens is 1. The van der Waals surface area contributed by atoms with E-state index in [1.54, 1.807) is 0 Å². The first-order valence-corrected chi connectivity index (χ1v) is 6.98. The van der Waals surface area contributed by atoms with Gasteiger partial charge in [-0.1, -0.05) is 13.0 Å². The van der Waals surface area contributed by atoms with Crippen LogP contribution < -0.4 is 5.32 Å². The molecular weight excluding hydrogens is 232 g/mol. The third kappa shape index (κ3) is 3.43. The van der Waals surface area contributed by atoms with Crippen LogP contribution in [-0.4, -0.2) is 16.4 Å². The second kappa shape index (κ2) is 5.83. The highest BCUT2D eigenvalue weighted by Crippen LogP contribution is 2.32. The van der Waals surface area contributed by atoms with Crippen molar-refractivity contribution in [1.82, 2.24) is 10.3 Å². The van der Waals surface area contributed by atoms with Crippen molar-refractivity contribution in [2.75, 3.05) is 5.88 Å². The van der Waals surface area contributed by atoms with Gasteiger partial charge in [-0.05, 0) is 43.7 Å². The normalized spacial score (nSPS) is 29.2. The van der Waals surface area contributed by atoms with Gasteiger partial charge in [0.25, 0.3) is 0 Å². The largest absolute Gasteiger partial charge is 0.304 e. The third-order valence-electron chi connectivity index (χ3n) is 3.86. The Kier molecular flexibility index (Phi) is 4.41. The van der Waals surface area contributed by atoms with Crippen LogP contribution >= 0.6 is 11.6 Å². The van der Waals surface area contributed by atoms with E-state index < -0.39 is 0 Å². The molecule has 0 radical (unpaired) electrons. The van der Waals surface area contributed by atoms with Gasteiger partial charge in [0, 0.05) is 24.2 Å². The van der Waals surface area contributed by atoms with Crippen LogP contribution in [0.15, 0.2) is 24.4 Å². The van der Waals surface area contributed by atoms with E-state index in [2.05, 4.69) is 23.3 Å². The SMILES string of the molecule is CC1CCC(CCl)(NCc2ccccn2)CC1. The maximum atomic E-state index is 6.17. The summed E-state index contributed by atoms with van der Waals surface area (Å²) in [5.41, 5.74) is 1.22. The van der Waals surface area contributed by atoms with Gasteiger partial charge in [0.05, 0.1) is 5.69 Å². The number of rotatable bonds is 4. The number of nitrogens with one attached hydrogen (secondary N) is 1. The molecule has 3 heteroatoms. The monoisotopic (exact) mass is 252 g/mol. The fourth-order valence-electron chi connectivity index (χ4n) is 2.45. The minimum atomic E-state index is 0.131. The Balaban J connectivity index is 1.91. The lowest BCUT2D eigenvalue weighted by atomic mass is 9.78. The number of alkyl halides is 1. The fraction of sp³-hybridized carbons (Fsp3) is 0.643. The van der Waals surface area contributed by atoms with E-state index >= 15 is 0 Å². The number of hydrogen-bond acceptors (Lipinski definition) is 2. The summed E-state index contributed by atoms with van der Waals surface area (Å²) in [7, 11) is 0. The Labute approximate surface area is 109 Å². The van der Waals surface area contributed by atoms with Crippen LogP contribution in [0.5, 0.6) is 0 Å². The van der Waals surface area contributed by atoms with Gasteiger partial charge < -0.3 is 5.32 Å². The summed E-state index contributed by atoms with van der Waals surface area (Å²) in [4.78, 5) is 4.34. The zero-order valence-electron chi connectivity index (χ0n) is 10.5. The predicted octanol–water partition coefficient (Wildman–Crippen LogP) is 3.36. The Hall–Kier alpha value is -0.600. The van der Waals surface area contributed by atoms with E-state index in [1.807, 2.05) is 18.3 Å². The molecule has 1 heterocycles. The minimum Gasteiger partial charge on any atom is -0.304 e. The molecule has 0 saturated heterocycles. The molecule has 0 amide bonds. The summed E-state index contributed by atoms with van der Waals surface area (Å²) in [6, 6.07) is 6.03. The Bertz CT molecular complexity index is 331. The fourth-order valence-corrected chi connectivity index (χ4v) is 2.81. The van der Waals surface area contributed by atoms with Gasteiger partial charge in [0.2, 0.25) is 0 Å². The highest BCUT2D eigenvalue weighted by Gasteiger charge is 2.32. The molecular formula is C14H21ClN2. The predicted molar refractivity (Wildman–Crippen MR) is 72.2 cm³/mol. The van der Waals surface area contributed by atoms with E-state index in [-0.39, 0.29) is 5.54 Å². The van der Waals surface area contributed by atoms with E-state index in [1.165, 1.54) is 25.7 Å². The average Bonchev–Trinajstić information content (AvgIpc) is 2.40. The van der Waals surface area contributed by atoms with Gasteiger partial charge in [0.1, 0.15) is 0 Å². The van der Waals surface area contributed by atoms with Crippen molar-refractivity contribution in [2.24, 2.45) is 5.92 Å². The molecule has 17 heavy (non-hydrogen) atoms. The average molecular weight is 253 g/mol. The number of aromatic nitrogens is 1. The number of pyridine rings is 1. The smallest absolute Gasteiger partial charge is 0.0541 e. The Morgan fingerprint density at radius 2 is 2.18 bits per heavy atom. The highest BCUT2D eigenvalue weighted by atomic mass is 35.5. The molecule has 0 aliphatic heterocycles. The van der Waals surface area contributed by atoms with Gasteiger partial charge in [-0.15, -0.1) is 11.6 Å². The van der Waals surface area contributed by atoms with Crippen molar-refractivity contribution in [3.05, 3.63) is 30.1 Å². The Morgan fingerprint density at radius 1 is 1.41 bits per heavy atom. The Morgan fingerprint density at radius 3 is 2.76 bits per heavy atom. The van der Waals surface area contributed by atoms with Gasteiger partial charge in [-0.25, -0.2) is 0 Å². The van der Waals surface area contributed by atoms with Gasteiger partial charge in [0.15, 0.2) is 0 Å². The summed E-state index contributed by atoms with van der Waals surface area (Å²) in [6.07, 6.45) is 6.77. The molecule has 1 N–H and O–H groups in total. The van der Waals surface area contributed by atoms with Crippen LogP contribution in [0.4, 0.5) is 0 Å². The quantitative estimate of drug-likeness (QED) is 0.832. The van der Waals surface area contributed by atoms with Crippen LogP contribution in [0.1, 0.15) is 38.3 Å². The molecule has 1 aromatic rings. The second-order valence-corrected chi connectivity index (χ2v) is 5.54. The lowest BCUT2D eigenvalue weighted by Gasteiger charge is -2.39. The molecule has 0 unspecified atom stereocenters. The van der Waals surface area contributed by atoms with Crippen molar-refractivity contribution >= 4 is 11.6 Å². The van der Waals surface area contributed by atoms with Crippen LogP contribution in [-0.2, 0) is 6.54 Å². The van der Waals surface area contributed by atoms with Crippen LogP contribution in [0, 0.1) is 5.92 Å². The molecule has 2 rings (SSSR count). The van der Waals surface area contributed by atoms with E-state index in [4.69, 9.17) is 11.6 Å². The summed E-state index contributed by atoms with van der Waals surface area (Å²) >= 11 is 6.17. The zero-order valence-corrected chi connectivity index (χ0v) is 11.2.